The second kappa shape index (κ2) is 6.21. The molecule has 0 aliphatic rings. The van der Waals surface area contributed by atoms with Crippen molar-refractivity contribution in [3.63, 3.8) is 0 Å². The summed E-state index contributed by atoms with van der Waals surface area (Å²) < 4.78 is 2.41. The molecule has 0 N–H and O–H groups in total. The molecule has 3 heteroatoms. The fourth-order valence-electron chi connectivity index (χ4n) is 1.19. The Kier molecular flexibility index (Phi) is 4.61. The fraction of sp³-hybridized carbons (Fsp3) is 0. The minimum absolute atomic E-state index is 0.275. The van der Waals surface area contributed by atoms with Crippen molar-refractivity contribution in [1.29, 1.82) is 0 Å². The number of rotatable bonds is 3. The predicted octanol–water partition coefficient (Wildman–Crippen LogP) is 3.09. The van der Waals surface area contributed by atoms with Crippen LogP contribution in [0.25, 0.3) is 0 Å². The molecule has 0 saturated carbocycles. The zero-order chi connectivity index (χ0) is 11.2. The fourth-order valence-corrected chi connectivity index (χ4v) is 4.89. The van der Waals surface area contributed by atoms with E-state index in [4.69, 9.17) is 12.2 Å². The average Bonchev–Trinajstić information content (AvgIpc) is 2.31. The van der Waals surface area contributed by atoms with Crippen LogP contribution in [0.1, 0.15) is 0 Å². The number of benzene rings is 2. The molecule has 0 amide bonds. The summed E-state index contributed by atoms with van der Waals surface area (Å²) in [5.74, 6) is 0. The van der Waals surface area contributed by atoms with Crippen molar-refractivity contribution in [3.05, 3.63) is 60.7 Å². The summed E-state index contributed by atoms with van der Waals surface area (Å²) in [6, 6.07) is 20.7. The van der Waals surface area contributed by atoms with E-state index in [1.54, 1.807) is 11.8 Å². The Morgan fingerprint density at radius 1 is 0.875 bits per heavy atom. The van der Waals surface area contributed by atoms with Gasteiger partial charge in [-0.05, 0) is 0 Å². The Hall–Kier alpha value is -0.601. The normalized spacial score (nSPS) is 10.0. The van der Waals surface area contributed by atoms with Crippen molar-refractivity contribution < 1.29 is 0 Å². The SMILES string of the molecule is S=C(Sc1ccccc1)[Se]c1ccccc1. The third-order valence-electron chi connectivity index (χ3n) is 1.89. The molecule has 0 nitrogen and oxygen atoms in total. The first-order valence-electron chi connectivity index (χ1n) is 4.84. The van der Waals surface area contributed by atoms with Gasteiger partial charge in [0.1, 0.15) is 0 Å². The van der Waals surface area contributed by atoms with Gasteiger partial charge >= 0.3 is 112 Å². The Labute approximate surface area is 112 Å². The first-order chi connectivity index (χ1) is 7.84. The van der Waals surface area contributed by atoms with Crippen LogP contribution in [0.5, 0.6) is 0 Å². The van der Waals surface area contributed by atoms with E-state index in [1.165, 1.54) is 9.36 Å². The monoisotopic (exact) mass is 310 g/mol. The van der Waals surface area contributed by atoms with Gasteiger partial charge < -0.3 is 0 Å². The third-order valence-corrected chi connectivity index (χ3v) is 5.62. The first-order valence-corrected chi connectivity index (χ1v) is 7.78. The number of thioether (sulfide) groups is 1. The van der Waals surface area contributed by atoms with Gasteiger partial charge in [-0.1, -0.05) is 0 Å². The average molecular weight is 309 g/mol. The molecule has 80 valence electrons. The van der Waals surface area contributed by atoms with Crippen LogP contribution in [0.4, 0.5) is 0 Å². The van der Waals surface area contributed by atoms with Crippen molar-refractivity contribution in [2.24, 2.45) is 0 Å². The Bertz CT molecular complexity index is 410. The van der Waals surface area contributed by atoms with Crippen LogP contribution in [0, 0.1) is 0 Å². The molecule has 0 aliphatic heterocycles. The van der Waals surface area contributed by atoms with Crippen molar-refractivity contribution in [1.82, 2.24) is 0 Å². The summed E-state index contributed by atoms with van der Waals surface area (Å²) in [5.41, 5.74) is 0. The standard InChI is InChI=1S/C13H10S2Se/c14-13(15-11-7-3-1-4-8-11)16-12-9-5-2-6-10-12/h1-10H. The molecule has 0 fully saturated rings. The van der Waals surface area contributed by atoms with E-state index in [1.807, 2.05) is 24.3 Å². The summed E-state index contributed by atoms with van der Waals surface area (Å²) >= 11 is 7.38. The number of hydrogen-bond donors (Lipinski definition) is 0. The van der Waals surface area contributed by atoms with Gasteiger partial charge in [-0.15, -0.1) is 0 Å². The second-order valence-electron chi connectivity index (χ2n) is 3.08. The van der Waals surface area contributed by atoms with Crippen LogP contribution >= 0.6 is 24.0 Å². The zero-order valence-corrected chi connectivity index (χ0v) is 11.8. The van der Waals surface area contributed by atoms with Gasteiger partial charge in [0.05, 0.1) is 0 Å². The van der Waals surface area contributed by atoms with Crippen LogP contribution in [0.3, 0.4) is 0 Å². The van der Waals surface area contributed by atoms with Crippen LogP contribution in [-0.4, -0.2) is 18.1 Å². The molecular weight excluding hydrogens is 299 g/mol. The van der Waals surface area contributed by atoms with Gasteiger partial charge in [-0.25, -0.2) is 0 Å². The van der Waals surface area contributed by atoms with Crippen molar-refractivity contribution >= 4 is 46.5 Å². The van der Waals surface area contributed by atoms with Crippen LogP contribution in [0.15, 0.2) is 65.6 Å². The molecule has 0 bridgehead atoms. The van der Waals surface area contributed by atoms with E-state index in [9.17, 15) is 0 Å². The Balaban J connectivity index is 1.95. The maximum atomic E-state index is 5.41. The van der Waals surface area contributed by atoms with Gasteiger partial charge in [0, 0.05) is 0 Å². The molecule has 0 radical (unpaired) electrons. The number of thiocarbonyl (C=S) groups is 1. The zero-order valence-electron chi connectivity index (χ0n) is 8.50. The van der Waals surface area contributed by atoms with E-state index in [0.29, 0.717) is 0 Å². The van der Waals surface area contributed by atoms with Crippen LogP contribution in [-0.2, 0) is 0 Å². The second-order valence-corrected chi connectivity index (χ2v) is 8.27. The quantitative estimate of drug-likeness (QED) is 0.485. The molecule has 2 rings (SSSR count). The summed E-state index contributed by atoms with van der Waals surface area (Å²) in [5, 5.41) is 0. The molecule has 0 heterocycles. The molecule has 16 heavy (non-hydrogen) atoms. The van der Waals surface area contributed by atoms with E-state index < -0.39 is 0 Å². The summed E-state index contributed by atoms with van der Waals surface area (Å²) in [6.07, 6.45) is 0. The maximum absolute atomic E-state index is 5.41. The topological polar surface area (TPSA) is 0 Å². The Morgan fingerprint density at radius 2 is 1.44 bits per heavy atom. The van der Waals surface area contributed by atoms with Gasteiger partial charge in [0.15, 0.2) is 0 Å². The van der Waals surface area contributed by atoms with Crippen molar-refractivity contribution in [3.8, 4) is 0 Å². The van der Waals surface area contributed by atoms with Crippen LogP contribution < -0.4 is 4.46 Å². The van der Waals surface area contributed by atoms with Crippen molar-refractivity contribution in [2.45, 2.75) is 4.90 Å². The minimum atomic E-state index is 0.275. The van der Waals surface area contributed by atoms with Crippen molar-refractivity contribution in [2.75, 3.05) is 0 Å². The third kappa shape index (κ3) is 3.76. The predicted molar refractivity (Wildman–Crippen MR) is 76.7 cm³/mol. The van der Waals surface area contributed by atoms with E-state index in [2.05, 4.69) is 36.4 Å². The van der Waals surface area contributed by atoms with E-state index in [0.717, 1.165) is 3.10 Å². The van der Waals surface area contributed by atoms with Gasteiger partial charge in [-0.3, -0.25) is 0 Å². The van der Waals surface area contributed by atoms with E-state index >= 15 is 0 Å². The molecule has 2 aromatic carbocycles. The van der Waals surface area contributed by atoms with Gasteiger partial charge in [0.2, 0.25) is 0 Å². The van der Waals surface area contributed by atoms with Gasteiger partial charge in [0.25, 0.3) is 0 Å². The van der Waals surface area contributed by atoms with Gasteiger partial charge in [-0.2, -0.15) is 0 Å². The molecular formula is C13H10S2Se. The molecule has 0 saturated heterocycles. The summed E-state index contributed by atoms with van der Waals surface area (Å²) in [6.45, 7) is 0. The number of hydrogen-bond acceptors (Lipinski definition) is 2. The molecule has 0 unspecified atom stereocenters. The molecule has 0 atom stereocenters. The molecule has 2 aromatic rings. The summed E-state index contributed by atoms with van der Waals surface area (Å²) in [7, 11) is 0. The Morgan fingerprint density at radius 3 is 2.06 bits per heavy atom. The molecule has 0 aromatic heterocycles. The van der Waals surface area contributed by atoms with E-state index in [-0.39, 0.29) is 15.0 Å². The first kappa shape index (κ1) is 11.9. The molecule has 0 spiro atoms. The van der Waals surface area contributed by atoms with Crippen LogP contribution in [0.2, 0.25) is 0 Å². The molecule has 0 aliphatic carbocycles. The summed E-state index contributed by atoms with van der Waals surface area (Å²) in [4.78, 5) is 1.23.